The van der Waals surface area contributed by atoms with E-state index in [0.29, 0.717) is 11.4 Å². The minimum atomic E-state index is -0.0669. The number of aromatic nitrogens is 3. The summed E-state index contributed by atoms with van der Waals surface area (Å²) in [6.45, 7) is 6.72. The van der Waals surface area contributed by atoms with Gasteiger partial charge in [-0.1, -0.05) is 159 Å². The van der Waals surface area contributed by atoms with Gasteiger partial charge in [0.2, 0.25) is 0 Å². The maximum absolute atomic E-state index is 11.4. The number of para-hydroxylation sites is 2. The SMILES string of the molecule is CC(C)(C)c1ccc(-n2c(-c3ccccc3O)nc3c(-c4[c-]c(-c5cc6c(cn5)oc5cc7ccccc7cc56)cc(-c5ccccc5)c4)cccc32)c(-c2ccccc2)c1.[Pt]. The van der Waals surface area contributed by atoms with E-state index in [0.717, 1.165) is 94.1 Å². The molecule has 0 bridgehead atoms. The molecule has 0 fully saturated rings. The molecular weight excluding hydrogens is 942 g/mol. The summed E-state index contributed by atoms with van der Waals surface area (Å²) in [7, 11) is 0. The molecule has 6 heteroatoms. The minimum Gasteiger partial charge on any atom is -0.507 e. The van der Waals surface area contributed by atoms with Crippen LogP contribution < -0.4 is 0 Å². The number of furan rings is 1. The maximum atomic E-state index is 11.4. The first-order chi connectivity index (χ1) is 29.8. The Balaban J connectivity index is 0.00000458. The standard InChI is InChI=1S/C56H40N3O2.Pt/c1-56(2,3)42-25-26-49(45(32-42)36-17-8-5-9-18-36)59-50-23-14-22-43(54(50)58-55(59)44-21-12-13-24-51(44)60)40-27-39(35-15-6-4-7-16-35)28-41(29-40)48-33-47-46-30-37-19-10-11-20-38(37)31-52(46)61-53(47)34-57-48;/h4-28,30-34,60H,1-3H3;/q-1;. The molecule has 0 radical (unpaired) electrons. The second kappa shape index (κ2) is 15.4. The van der Waals surface area contributed by atoms with Gasteiger partial charge in [0.15, 0.2) is 5.58 Å². The van der Waals surface area contributed by atoms with Crippen molar-refractivity contribution < 1.29 is 30.6 Å². The van der Waals surface area contributed by atoms with Gasteiger partial charge in [0.1, 0.15) is 17.2 Å². The zero-order chi connectivity index (χ0) is 41.2. The number of rotatable bonds is 6. The molecule has 1 N–H and O–H groups in total. The Kier molecular flexibility index (Phi) is 9.73. The summed E-state index contributed by atoms with van der Waals surface area (Å²) in [4.78, 5) is 10.4. The van der Waals surface area contributed by atoms with Gasteiger partial charge >= 0.3 is 0 Å². The fraction of sp³-hybridized carbons (Fsp3) is 0.0714. The Hall–Kier alpha value is -7.07. The molecule has 11 aromatic rings. The van der Waals surface area contributed by atoms with Gasteiger partial charge in [0, 0.05) is 43.1 Å². The maximum Gasteiger partial charge on any atom is 0.152 e. The molecule has 0 aliphatic heterocycles. The third-order valence-corrected chi connectivity index (χ3v) is 11.8. The average Bonchev–Trinajstić information content (AvgIpc) is 3.86. The Morgan fingerprint density at radius 3 is 1.98 bits per heavy atom. The van der Waals surface area contributed by atoms with Crippen molar-refractivity contribution in [1.29, 1.82) is 0 Å². The second-order valence-corrected chi connectivity index (χ2v) is 16.7. The van der Waals surface area contributed by atoms with E-state index in [1.807, 2.05) is 42.6 Å². The molecule has 0 saturated heterocycles. The summed E-state index contributed by atoms with van der Waals surface area (Å²) in [6, 6.07) is 64.4. The molecule has 0 saturated carbocycles. The number of phenolic OH excluding ortho intramolecular Hbond substituents is 1. The van der Waals surface area contributed by atoms with Crippen LogP contribution in [0.3, 0.4) is 0 Å². The average molecular weight is 982 g/mol. The molecule has 0 amide bonds. The van der Waals surface area contributed by atoms with Crippen molar-refractivity contribution in [2.45, 2.75) is 26.2 Å². The van der Waals surface area contributed by atoms with E-state index in [1.54, 1.807) is 6.07 Å². The number of fused-ring (bicyclic) bond motifs is 5. The largest absolute Gasteiger partial charge is 0.507 e. The van der Waals surface area contributed by atoms with Gasteiger partial charge in [-0.3, -0.25) is 9.55 Å². The van der Waals surface area contributed by atoms with Crippen LogP contribution in [-0.2, 0) is 26.5 Å². The summed E-state index contributed by atoms with van der Waals surface area (Å²) >= 11 is 0. The van der Waals surface area contributed by atoms with Gasteiger partial charge in [-0.25, -0.2) is 4.98 Å². The van der Waals surface area contributed by atoms with Gasteiger partial charge in [-0.05, 0) is 75.3 Å². The van der Waals surface area contributed by atoms with Gasteiger partial charge < -0.3 is 9.52 Å². The van der Waals surface area contributed by atoms with E-state index < -0.39 is 0 Å². The van der Waals surface area contributed by atoms with Gasteiger partial charge in [-0.15, -0.1) is 23.8 Å². The van der Waals surface area contributed by atoms with Crippen LogP contribution in [0, 0.1) is 6.07 Å². The molecule has 5 nitrogen and oxygen atoms in total. The molecule has 0 aliphatic carbocycles. The molecule has 3 heterocycles. The topological polar surface area (TPSA) is 64.1 Å². The molecule has 302 valence electrons. The number of hydrogen-bond donors (Lipinski definition) is 1. The van der Waals surface area contributed by atoms with Crippen LogP contribution in [0.1, 0.15) is 26.3 Å². The number of imidazole rings is 1. The normalized spacial score (nSPS) is 11.7. The van der Waals surface area contributed by atoms with Crippen LogP contribution in [0.4, 0.5) is 0 Å². The summed E-state index contributed by atoms with van der Waals surface area (Å²) in [6.07, 6.45) is 1.83. The van der Waals surface area contributed by atoms with Crippen molar-refractivity contribution in [3.8, 4) is 67.5 Å². The molecule has 0 atom stereocenters. The van der Waals surface area contributed by atoms with E-state index in [-0.39, 0.29) is 32.2 Å². The summed E-state index contributed by atoms with van der Waals surface area (Å²) in [5.74, 6) is 0.807. The number of aromatic hydroxyl groups is 1. The fourth-order valence-electron chi connectivity index (χ4n) is 8.62. The van der Waals surface area contributed by atoms with Crippen molar-refractivity contribution in [3.63, 3.8) is 0 Å². The Labute approximate surface area is 374 Å². The monoisotopic (exact) mass is 981 g/mol. The first-order valence-electron chi connectivity index (χ1n) is 20.6. The number of pyridine rings is 1. The Morgan fingerprint density at radius 1 is 0.565 bits per heavy atom. The van der Waals surface area contributed by atoms with E-state index >= 15 is 0 Å². The molecular formula is C56H40N3O2Pt-. The third kappa shape index (κ3) is 6.80. The van der Waals surface area contributed by atoms with Crippen LogP contribution in [0.25, 0.3) is 105 Å². The third-order valence-electron chi connectivity index (χ3n) is 11.8. The quantitative estimate of drug-likeness (QED) is 0.169. The minimum absolute atomic E-state index is 0. The predicted molar refractivity (Wildman–Crippen MR) is 250 cm³/mol. The number of phenols is 1. The number of hydrogen-bond acceptors (Lipinski definition) is 4. The predicted octanol–water partition coefficient (Wildman–Crippen LogP) is 14.6. The summed E-state index contributed by atoms with van der Waals surface area (Å²) in [5, 5.41) is 15.8. The Bertz CT molecular complexity index is 3470. The molecule has 8 aromatic carbocycles. The molecule has 3 aromatic heterocycles. The van der Waals surface area contributed by atoms with Crippen LogP contribution in [0.15, 0.2) is 187 Å². The van der Waals surface area contributed by atoms with Gasteiger partial charge in [0.25, 0.3) is 0 Å². The zero-order valence-corrected chi connectivity index (χ0v) is 36.6. The van der Waals surface area contributed by atoms with Crippen LogP contribution in [0.2, 0.25) is 0 Å². The smallest absolute Gasteiger partial charge is 0.152 e. The Morgan fingerprint density at radius 2 is 1.23 bits per heavy atom. The van der Waals surface area contributed by atoms with Crippen LogP contribution >= 0.6 is 0 Å². The fourth-order valence-corrected chi connectivity index (χ4v) is 8.62. The van der Waals surface area contributed by atoms with Crippen LogP contribution in [0.5, 0.6) is 5.75 Å². The molecule has 11 rings (SSSR count). The van der Waals surface area contributed by atoms with E-state index in [1.165, 1.54) is 5.56 Å². The van der Waals surface area contributed by atoms with E-state index in [2.05, 4.69) is 165 Å². The van der Waals surface area contributed by atoms with Crippen molar-refractivity contribution in [2.75, 3.05) is 0 Å². The van der Waals surface area contributed by atoms with Crippen molar-refractivity contribution in [1.82, 2.24) is 14.5 Å². The van der Waals surface area contributed by atoms with E-state index in [9.17, 15) is 5.11 Å². The van der Waals surface area contributed by atoms with Crippen molar-refractivity contribution >= 4 is 43.7 Å². The summed E-state index contributed by atoms with van der Waals surface area (Å²) in [5.41, 5.74) is 13.8. The molecule has 0 aliphatic rings. The van der Waals surface area contributed by atoms with Crippen LogP contribution in [-0.4, -0.2) is 19.6 Å². The van der Waals surface area contributed by atoms with Gasteiger partial charge in [0.05, 0.1) is 28.5 Å². The molecule has 0 unspecified atom stereocenters. The first kappa shape index (κ1) is 39.1. The second-order valence-electron chi connectivity index (χ2n) is 16.7. The number of benzene rings is 8. The van der Waals surface area contributed by atoms with Crippen molar-refractivity contribution in [2.24, 2.45) is 0 Å². The first-order valence-corrected chi connectivity index (χ1v) is 20.6. The molecule has 62 heavy (non-hydrogen) atoms. The zero-order valence-electron chi connectivity index (χ0n) is 34.3. The molecule has 0 spiro atoms. The van der Waals surface area contributed by atoms with Crippen molar-refractivity contribution in [3.05, 3.63) is 194 Å². The van der Waals surface area contributed by atoms with Gasteiger partial charge in [-0.2, -0.15) is 0 Å². The number of nitrogens with zero attached hydrogens (tertiary/aromatic N) is 3. The van der Waals surface area contributed by atoms with E-state index in [4.69, 9.17) is 14.4 Å². The summed E-state index contributed by atoms with van der Waals surface area (Å²) < 4.78 is 8.54.